The Morgan fingerprint density at radius 1 is 0.611 bits per heavy atom. The summed E-state index contributed by atoms with van der Waals surface area (Å²) in [6, 6.07) is 21.0. The number of hydrogen-bond acceptors (Lipinski definition) is 4. The number of rotatable bonds is 2. The summed E-state index contributed by atoms with van der Waals surface area (Å²) in [4.78, 5) is 5.76. The molecule has 3 saturated carbocycles. The van der Waals surface area contributed by atoms with E-state index in [9.17, 15) is 0 Å². The van der Waals surface area contributed by atoms with Crippen LogP contribution in [0.5, 0.6) is 0 Å². The number of benzene rings is 2. The first-order valence-corrected chi connectivity index (χ1v) is 15.6. The van der Waals surface area contributed by atoms with Gasteiger partial charge in [0, 0.05) is 27.9 Å². The van der Waals surface area contributed by atoms with E-state index in [0.29, 0.717) is 35.5 Å². The summed E-state index contributed by atoms with van der Waals surface area (Å²) in [5.41, 5.74) is 5.57. The number of thioether (sulfide) groups is 1. The first-order valence-electron chi connectivity index (χ1n) is 14.7. The van der Waals surface area contributed by atoms with Crippen molar-refractivity contribution in [2.75, 3.05) is 9.80 Å². The molecule has 2 aliphatic heterocycles. The van der Waals surface area contributed by atoms with Crippen LogP contribution >= 0.6 is 11.8 Å². The molecule has 2 heterocycles. The maximum atomic E-state index is 7.30. The second-order valence-corrected chi connectivity index (χ2v) is 13.7. The molecule has 7 rings (SSSR count). The molecule has 8 atom stereocenters. The maximum absolute atomic E-state index is 7.30. The average Bonchev–Trinajstić information content (AvgIpc) is 2.91. The summed E-state index contributed by atoms with van der Waals surface area (Å²) >= 11 is 2.34. The van der Waals surface area contributed by atoms with Crippen LogP contribution in [0, 0.1) is 13.8 Å². The Balaban J connectivity index is 1.30. The van der Waals surface area contributed by atoms with Gasteiger partial charge in [-0.1, -0.05) is 61.1 Å². The highest BCUT2D eigenvalue weighted by Crippen LogP contribution is 2.52. The fourth-order valence-electron chi connectivity index (χ4n) is 8.25. The van der Waals surface area contributed by atoms with Crippen molar-refractivity contribution in [2.24, 2.45) is 0 Å². The lowest BCUT2D eigenvalue weighted by Gasteiger charge is -2.63. The van der Waals surface area contributed by atoms with E-state index >= 15 is 0 Å². The predicted octanol–water partition coefficient (Wildman–Crippen LogP) is 7.28. The van der Waals surface area contributed by atoms with Gasteiger partial charge in [0.25, 0.3) is 0 Å². The highest BCUT2D eigenvalue weighted by atomic mass is 32.2. The van der Waals surface area contributed by atoms with Gasteiger partial charge < -0.3 is 14.5 Å². The van der Waals surface area contributed by atoms with Crippen LogP contribution in [0.2, 0.25) is 0 Å². The third-order valence-electron chi connectivity index (χ3n) is 9.92. The first kappa shape index (κ1) is 23.5. The molecule has 2 saturated heterocycles. The standard InChI is InChI=1S/C32H42N2OS/c1-21-11-15-23(16-12-21)33-25-7-3-5-9-28(25)35-32-27(33)19-20-30-31(32)34(24-17-13-22(2)14-18-24)26-8-4-6-10-29(26)36-30/h11-18,25-32H,3-10,19-20H2,1-2H3. The Morgan fingerprint density at radius 2 is 1.22 bits per heavy atom. The van der Waals surface area contributed by atoms with Crippen molar-refractivity contribution in [3.05, 3.63) is 59.7 Å². The predicted molar refractivity (Wildman–Crippen MR) is 152 cm³/mol. The fourth-order valence-corrected chi connectivity index (χ4v) is 10.2. The molecule has 4 heteroatoms. The van der Waals surface area contributed by atoms with Gasteiger partial charge in [0.2, 0.25) is 0 Å². The van der Waals surface area contributed by atoms with Gasteiger partial charge in [0.1, 0.15) is 0 Å². The average molecular weight is 503 g/mol. The zero-order valence-electron chi connectivity index (χ0n) is 22.0. The van der Waals surface area contributed by atoms with Crippen LogP contribution < -0.4 is 9.80 Å². The van der Waals surface area contributed by atoms with Crippen LogP contribution in [0.3, 0.4) is 0 Å². The number of nitrogens with zero attached hydrogens (tertiary/aromatic N) is 2. The molecule has 0 amide bonds. The van der Waals surface area contributed by atoms with Crippen LogP contribution in [0.4, 0.5) is 11.4 Å². The quantitative estimate of drug-likeness (QED) is 0.428. The molecular weight excluding hydrogens is 460 g/mol. The summed E-state index contributed by atoms with van der Waals surface area (Å²) < 4.78 is 7.30. The van der Waals surface area contributed by atoms with Crippen LogP contribution in [-0.2, 0) is 4.74 Å². The molecule has 3 aliphatic carbocycles. The van der Waals surface area contributed by atoms with Gasteiger partial charge in [-0.05, 0) is 76.6 Å². The summed E-state index contributed by atoms with van der Waals surface area (Å²) in [5.74, 6) is 0. The molecule has 2 aromatic rings. The minimum atomic E-state index is 0.279. The lowest BCUT2D eigenvalue weighted by atomic mass is 9.78. The Morgan fingerprint density at radius 3 is 1.94 bits per heavy atom. The Bertz CT molecular complexity index is 1050. The van der Waals surface area contributed by atoms with Crippen LogP contribution in [-0.4, -0.2) is 46.9 Å². The van der Waals surface area contributed by atoms with Crippen molar-refractivity contribution in [1.82, 2.24) is 0 Å². The van der Waals surface area contributed by atoms with Gasteiger partial charge in [0.15, 0.2) is 0 Å². The molecule has 2 aromatic carbocycles. The van der Waals surface area contributed by atoms with Gasteiger partial charge in [0.05, 0.1) is 30.3 Å². The lowest BCUT2D eigenvalue weighted by Crippen LogP contribution is -2.73. The smallest absolute Gasteiger partial charge is 0.0996 e. The monoisotopic (exact) mass is 502 g/mol. The van der Waals surface area contributed by atoms with Crippen molar-refractivity contribution in [3.63, 3.8) is 0 Å². The largest absolute Gasteiger partial charge is 0.369 e. The molecule has 0 bridgehead atoms. The molecule has 0 N–H and O–H groups in total. The molecular formula is C32H42N2OS. The second-order valence-electron chi connectivity index (χ2n) is 12.2. The Labute approximate surface area is 222 Å². The highest BCUT2D eigenvalue weighted by Gasteiger charge is 2.56. The van der Waals surface area contributed by atoms with Crippen molar-refractivity contribution < 1.29 is 4.74 Å². The number of aryl methyl sites for hydroxylation is 2. The molecule has 8 unspecified atom stereocenters. The minimum absolute atomic E-state index is 0.279. The van der Waals surface area contributed by atoms with Crippen molar-refractivity contribution in [2.45, 2.75) is 125 Å². The van der Waals surface area contributed by atoms with E-state index in [-0.39, 0.29) is 6.10 Å². The number of hydrogen-bond donors (Lipinski definition) is 0. The topological polar surface area (TPSA) is 15.7 Å². The van der Waals surface area contributed by atoms with E-state index < -0.39 is 0 Å². The van der Waals surface area contributed by atoms with E-state index in [0.717, 1.165) is 5.25 Å². The van der Waals surface area contributed by atoms with Crippen molar-refractivity contribution in [3.8, 4) is 0 Å². The molecule has 0 spiro atoms. The zero-order valence-corrected chi connectivity index (χ0v) is 22.8. The number of anilines is 2. The van der Waals surface area contributed by atoms with Crippen LogP contribution in [0.25, 0.3) is 0 Å². The van der Waals surface area contributed by atoms with Gasteiger partial charge in [-0.25, -0.2) is 0 Å². The number of fused-ring (bicyclic) bond motifs is 5. The third kappa shape index (κ3) is 3.98. The van der Waals surface area contributed by atoms with E-state index in [4.69, 9.17) is 4.74 Å². The van der Waals surface area contributed by atoms with E-state index in [1.165, 1.54) is 86.7 Å². The second kappa shape index (κ2) is 9.58. The maximum Gasteiger partial charge on any atom is 0.0996 e. The van der Waals surface area contributed by atoms with Crippen LogP contribution in [0.1, 0.15) is 75.3 Å². The molecule has 0 radical (unpaired) electrons. The van der Waals surface area contributed by atoms with E-state index in [1.807, 2.05) is 0 Å². The van der Waals surface area contributed by atoms with E-state index in [1.54, 1.807) is 0 Å². The fraction of sp³-hybridized carbons (Fsp3) is 0.625. The number of ether oxygens (including phenoxy) is 1. The van der Waals surface area contributed by atoms with Gasteiger partial charge in [-0.3, -0.25) is 0 Å². The lowest BCUT2D eigenvalue weighted by molar-refractivity contribution is -0.106. The molecule has 0 aromatic heterocycles. The first-order chi connectivity index (χ1) is 17.7. The molecule has 36 heavy (non-hydrogen) atoms. The van der Waals surface area contributed by atoms with Gasteiger partial charge in [-0.15, -0.1) is 0 Å². The van der Waals surface area contributed by atoms with Gasteiger partial charge >= 0.3 is 0 Å². The molecule has 5 aliphatic rings. The van der Waals surface area contributed by atoms with Gasteiger partial charge in [-0.2, -0.15) is 11.8 Å². The third-order valence-corrected chi connectivity index (χ3v) is 11.7. The summed E-state index contributed by atoms with van der Waals surface area (Å²) in [5, 5.41) is 1.45. The summed E-state index contributed by atoms with van der Waals surface area (Å²) in [6.45, 7) is 4.42. The zero-order chi connectivity index (χ0) is 24.2. The summed E-state index contributed by atoms with van der Waals surface area (Å²) in [7, 11) is 0. The van der Waals surface area contributed by atoms with Crippen molar-refractivity contribution >= 4 is 23.1 Å². The molecule has 3 nitrogen and oxygen atoms in total. The normalized spacial score (nSPS) is 37.9. The van der Waals surface area contributed by atoms with Crippen LogP contribution in [0.15, 0.2) is 48.5 Å². The Kier molecular flexibility index (Phi) is 6.25. The Hall–Kier alpha value is -1.65. The number of morpholine rings is 1. The molecule has 5 fully saturated rings. The SMILES string of the molecule is Cc1ccc(N2C3CCCCC3OC3C2CCC2SC4CCCCC4N(c4ccc(C)cc4)C23)cc1. The highest BCUT2D eigenvalue weighted by molar-refractivity contribution is 8.00. The van der Waals surface area contributed by atoms with Crippen molar-refractivity contribution in [1.29, 1.82) is 0 Å². The minimum Gasteiger partial charge on any atom is -0.369 e. The van der Waals surface area contributed by atoms with E-state index in [2.05, 4.69) is 83.9 Å². The molecule has 192 valence electrons. The summed E-state index contributed by atoms with van der Waals surface area (Å²) in [6.07, 6.45) is 13.9.